The van der Waals surface area contributed by atoms with Crippen molar-refractivity contribution in [1.82, 2.24) is 34.6 Å². The summed E-state index contributed by atoms with van der Waals surface area (Å²) in [5.74, 6) is 2.05. The van der Waals surface area contributed by atoms with Gasteiger partial charge in [0.25, 0.3) is 5.79 Å². The Morgan fingerprint density at radius 3 is 2.67 bits per heavy atom. The van der Waals surface area contributed by atoms with Crippen LogP contribution in [0.25, 0.3) is 22.6 Å². The molecule has 11 nitrogen and oxygen atoms in total. The van der Waals surface area contributed by atoms with E-state index in [1.165, 1.54) is 6.07 Å². The van der Waals surface area contributed by atoms with E-state index < -0.39 is 11.6 Å². The van der Waals surface area contributed by atoms with Crippen LogP contribution in [-0.4, -0.2) is 60.4 Å². The number of rotatable bonds is 7. The number of piperidine rings is 1. The number of pyridine rings is 1. The molecule has 0 radical (unpaired) electrons. The number of hydrogen-bond acceptors (Lipinski definition) is 9. The number of ether oxygens (including phenoxy) is 3. The van der Waals surface area contributed by atoms with E-state index in [-0.39, 0.29) is 23.1 Å². The van der Waals surface area contributed by atoms with E-state index in [9.17, 15) is 4.39 Å². The third-order valence-corrected chi connectivity index (χ3v) is 9.33. The lowest BCUT2D eigenvalue weighted by Crippen LogP contribution is -2.35. The van der Waals surface area contributed by atoms with E-state index in [0.29, 0.717) is 29.6 Å². The van der Waals surface area contributed by atoms with Crippen molar-refractivity contribution in [2.24, 2.45) is 0 Å². The monoisotopic (exact) mass is 620 g/mol. The number of fused-ring (bicyclic) bond motifs is 2. The number of aromatic amines is 1. The lowest BCUT2D eigenvalue weighted by atomic mass is 9.88. The van der Waals surface area contributed by atoms with E-state index in [0.717, 1.165) is 73.7 Å². The summed E-state index contributed by atoms with van der Waals surface area (Å²) in [5.41, 5.74) is 4.16. The zero-order valence-electron chi connectivity index (χ0n) is 25.7. The fourth-order valence-electron chi connectivity index (χ4n) is 6.76. The number of nitriles is 1. The van der Waals surface area contributed by atoms with E-state index >= 15 is 0 Å². The first-order valence-electron chi connectivity index (χ1n) is 15.7. The Labute approximate surface area is 265 Å². The molecule has 3 aromatic heterocycles. The Bertz CT molecular complexity index is 1990. The normalized spacial score (nSPS) is 21.4. The maximum absolute atomic E-state index is 15.0. The van der Waals surface area contributed by atoms with E-state index in [4.69, 9.17) is 24.5 Å². The first kappa shape index (κ1) is 28.6. The maximum Gasteiger partial charge on any atom is 0.278 e. The molecule has 12 heteroatoms. The average molecular weight is 621 g/mol. The molecule has 3 aliphatic heterocycles. The summed E-state index contributed by atoms with van der Waals surface area (Å²) in [6, 6.07) is 14.2. The number of aryl methyl sites for hydroxylation is 1. The fraction of sp³-hybridized carbons (Fsp3) is 0.382. The Morgan fingerprint density at radius 1 is 1.11 bits per heavy atom. The Morgan fingerprint density at radius 2 is 1.96 bits per heavy atom. The van der Waals surface area contributed by atoms with Crippen molar-refractivity contribution in [3.63, 3.8) is 0 Å². The molecule has 2 fully saturated rings. The van der Waals surface area contributed by atoms with E-state index in [2.05, 4.69) is 35.7 Å². The molecular weight excluding hydrogens is 587 g/mol. The summed E-state index contributed by atoms with van der Waals surface area (Å²) < 4.78 is 35.6. The average Bonchev–Trinajstić information content (AvgIpc) is 3.73. The van der Waals surface area contributed by atoms with Gasteiger partial charge in [-0.1, -0.05) is 12.1 Å². The van der Waals surface area contributed by atoms with Crippen molar-refractivity contribution in [2.45, 2.75) is 64.0 Å². The van der Waals surface area contributed by atoms with Crippen LogP contribution in [0.5, 0.6) is 11.5 Å². The molecule has 5 aromatic rings. The zero-order valence-corrected chi connectivity index (χ0v) is 25.7. The second-order valence-corrected chi connectivity index (χ2v) is 12.4. The molecule has 3 aliphatic rings. The number of imidazole rings is 1. The summed E-state index contributed by atoms with van der Waals surface area (Å²) in [4.78, 5) is 15.3. The summed E-state index contributed by atoms with van der Waals surface area (Å²) in [5, 5.41) is 17.4. The number of H-pyrrole nitrogens is 1. The van der Waals surface area contributed by atoms with Gasteiger partial charge >= 0.3 is 0 Å². The lowest BCUT2D eigenvalue weighted by Gasteiger charge is -2.33. The van der Waals surface area contributed by atoms with Gasteiger partial charge < -0.3 is 23.8 Å². The van der Waals surface area contributed by atoms with Gasteiger partial charge in [0.05, 0.1) is 53.6 Å². The number of likely N-dealkylation sites (tertiary alicyclic amines) is 1. The molecule has 6 heterocycles. The summed E-state index contributed by atoms with van der Waals surface area (Å²) in [7, 11) is 0. The van der Waals surface area contributed by atoms with Gasteiger partial charge in [0.15, 0.2) is 17.3 Å². The summed E-state index contributed by atoms with van der Waals surface area (Å²) >= 11 is 0. The highest BCUT2D eigenvalue weighted by molar-refractivity contribution is 5.78. The molecule has 1 unspecified atom stereocenters. The highest BCUT2D eigenvalue weighted by Gasteiger charge is 2.43. The number of nitrogens with one attached hydrogen (secondary N) is 1. The first-order chi connectivity index (χ1) is 22.4. The van der Waals surface area contributed by atoms with Crippen molar-refractivity contribution < 1.29 is 18.6 Å². The second-order valence-electron chi connectivity index (χ2n) is 12.4. The molecule has 2 atom stereocenters. The summed E-state index contributed by atoms with van der Waals surface area (Å²) in [6.07, 6.45) is 4.97. The number of nitrogens with zero attached hydrogens (tertiary/aromatic N) is 7. The van der Waals surface area contributed by atoms with Crippen LogP contribution in [0, 0.1) is 24.1 Å². The van der Waals surface area contributed by atoms with Crippen LogP contribution in [0.3, 0.4) is 0 Å². The molecule has 234 valence electrons. The number of aromatic nitrogens is 6. The minimum Gasteiger partial charge on any atom is -0.444 e. The molecule has 8 rings (SSSR count). The van der Waals surface area contributed by atoms with Gasteiger partial charge in [-0.25, -0.2) is 9.37 Å². The molecule has 0 bridgehead atoms. The highest BCUT2D eigenvalue weighted by Crippen LogP contribution is 2.49. The fourth-order valence-corrected chi connectivity index (χ4v) is 6.76. The van der Waals surface area contributed by atoms with Crippen LogP contribution < -0.4 is 9.47 Å². The van der Waals surface area contributed by atoms with Gasteiger partial charge in [-0.15, -0.1) is 10.2 Å². The van der Waals surface area contributed by atoms with Crippen molar-refractivity contribution >= 4 is 11.0 Å². The molecule has 46 heavy (non-hydrogen) atoms. The quantitative estimate of drug-likeness (QED) is 0.256. The number of benzene rings is 2. The van der Waals surface area contributed by atoms with Gasteiger partial charge in [-0.3, -0.25) is 9.88 Å². The Kier molecular flexibility index (Phi) is 6.96. The van der Waals surface area contributed by atoms with Crippen LogP contribution in [0.1, 0.15) is 60.4 Å². The number of hydrogen-bond donors (Lipinski definition) is 1. The van der Waals surface area contributed by atoms with Gasteiger partial charge in [-0.05, 0) is 75.5 Å². The Balaban J connectivity index is 0.997. The Hall–Kier alpha value is -4.86. The molecule has 0 spiro atoms. The standard InChI is InChI=1S/C34H33FN8O3/c1-20-38-33(41-40-20)28-15-27-29(17-37-28)43(18-23-10-13-44-23)31(39-27)19-42-11-8-22(9-12-42)24-4-3-5-30-32(24)46-34(2,45-30)25-7-6-21(16-36)14-26(25)35/h3-7,14-15,17,22-23H,8-13,18-19H2,1-2H3,(H,38,40,41)/t23-,34?/m0/s1. The van der Waals surface area contributed by atoms with Crippen molar-refractivity contribution in [2.75, 3.05) is 19.7 Å². The first-order valence-corrected chi connectivity index (χ1v) is 15.7. The minimum absolute atomic E-state index is 0.185. The molecule has 0 amide bonds. The largest absolute Gasteiger partial charge is 0.444 e. The topological polar surface area (TPSA) is 127 Å². The molecular formula is C34H33FN8O3. The molecule has 2 aromatic carbocycles. The van der Waals surface area contributed by atoms with Crippen LogP contribution in [0.2, 0.25) is 0 Å². The third kappa shape index (κ3) is 5.05. The van der Waals surface area contributed by atoms with Crippen molar-refractivity contribution in [3.8, 4) is 29.1 Å². The van der Waals surface area contributed by atoms with Crippen LogP contribution in [0.15, 0.2) is 48.7 Å². The third-order valence-electron chi connectivity index (χ3n) is 9.33. The maximum atomic E-state index is 15.0. The lowest BCUT2D eigenvalue weighted by molar-refractivity contribution is -0.0712. The highest BCUT2D eigenvalue weighted by atomic mass is 19.1. The van der Waals surface area contributed by atoms with Gasteiger partial charge in [0, 0.05) is 19.1 Å². The van der Waals surface area contributed by atoms with Crippen LogP contribution in [-0.2, 0) is 23.6 Å². The SMILES string of the molecule is Cc1nnc(-c2cc3nc(CN4CCC(c5cccc6c5OC(C)(c5ccc(C#N)cc5F)O6)CC4)n(C[C@@H]4CCO4)c3cn2)[nH]1. The van der Waals surface area contributed by atoms with Crippen molar-refractivity contribution in [1.29, 1.82) is 5.26 Å². The van der Waals surface area contributed by atoms with Gasteiger partial charge in [0.1, 0.15) is 23.2 Å². The van der Waals surface area contributed by atoms with Crippen LogP contribution >= 0.6 is 0 Å². The second kappa shape index (κ2) is 11.2. The zero-order chi connectivity index (χ0) is 31.4. The predicted octanol–water partition coefficient (Wildman–Crippen LogP) is 5.35. The van der Waals surface area contributed by atoms with Gasteiger partial charge in [-0.2, -0.15) is 5.26 Å². The predicted molar refractivity (Wildman–Crippen MR) is 165 cm³/mol. The molecule has 0 aliphatic carbocycles. The number of para-hydroxylation sites is 1. The minimum atomic E-state index is -1.32. The molecule has 1 N–H and O–H groups in total. The van der Waals surface area contributed by atoms with E-state index in [1.54, 1.807) is 19.1 Å². The molecule has 0 saturated carbocycles. The molecule has 2 saturated heterocycles. The van der Waals surface area contributed by atoms with E-state index in [1.807, 2.05) is 37.4 Å². The van der Waals surface area contributed by atoms with Crippen LogP contribution in [0.4, 0.5) is 4.39 Å². The van der Waals surface area contributed by atoms with Gasteiger partial charge in [0.2, 0.25) is 0 Å². The number of halogens is 1. The smallest absolute Gasteiger partial charge is 0.278 e. The summed E-state index contributed by atoms with van der Waals surface area (Å²) in [6.45, 7) is 7.62. The van der Waals surface area contributed by atoms with Crippen molar-refractivity contribution in [3.05, 3.63) is 82.8 Å².